The second-order valence-corrected chi connectivity index (χ2v) is 10.6. The fraction of sp³-hybridized carbons (Fsp3) is 0.310. The predicted octanol–water partition coefficient (Wildman–Crippen LogP) is 5.88. The lowest BCUT2D eigenvalue weighted by atomic mass is 10.1. The van der Waals surface area contributed by atoms with Gasteiger partial charge in [0.2, 0.25) is 0 Å². The molecule has 1 unspecified atom stereocenters. The van der Waals surface area contributed by atoms with E-state index < -0.39 is 28.0 Å². The van der Waals surface area contributed by atoms with Crippen molar-refractivity contribution in [2.24, 2.45) is 0 Å². The average Bonchev–Trinajstić information content (AvgIpc) is 2.88. The second kappa shape index (κ2) is 12.5. The normalized spacial score (nSPS) is 12.0. The van der Waals surface area contributed by atoms with Gasteiger partial charge in [0.05, 0.1) is 10.5 Å². The first-order valence-corrected chi connectivity index (χ1v) is 13.9. The molecule has 0 fully saturated rings. The monoisotopic (exact) mass is 522 g/mol. The highest BCUT2D eigenvalue weighted by Gasteiger charge is 2.23. The summed E-state index contributed by atoms with van der Waals surface area (Å²) in [7, 11) is -3.96. The molecule has 3 aromatic carbocycles. The van der Waals surface area contributed by atoms with Crippen LogP contribution in [0, 0.1) is 6.92 Å². The molecule has 0 heterocycles. The summed E-state index contributed by atoms with van der Waals surface area (Å²) in [5.74, 6) is -1.28. The number of ether oxygens (including phenoxy) is 1. The zero-order chi connectivity index (χ0) is 27.0. The number of aryl methyl sites for hydroxylation is 3. The molecule has 0 radical (unpaired) electrons. The number of unbranched alkanes of at least 4 members (excludes halogenated alkanes) is 1. The zero-order valence-electron chi connectivity index (χ0n) is 21.7. The highest BCUT2D eigenvalue weighted by Crippen LogP contribution is 2.22. The Labute approximate surface area is 219 Å². The van der Waals surface area contributed by atoms with Gasteiger partial charge in [-0.2, -0.15) is 0 Å². The molecule has 0 aliphatic carbocycles. The average molecular weight is 523 g/mol. The highest BCUT2D eigenvalue weighted by molar-refractivity contribution is 7.92. The highest BCUT2D eigenvalue weighted by atomic mass is 32.2. The summed E-state index contributed by atoms with van der Waals surface area (Å²) >= 11 is 0. The van der Waals surface area contributed by atoms with Crippen LogP contribution >= 0.6 is 0 Å². The number of carbonyl (C=O) groups is 2. The number of anilines is 2. The Balaban J connectivity index is 1.68. The quantitative estimate of drug-likeness (QED) is 0.306. The summed E-state index contributed by atoms with van der Waals surface area (Å²) in [5, 5.41) is 2.71. The summed E-state index contributed by atoms with van der Waals surface area (Å²) in [6.07, 6.45) is 2.90. The first-order valence-electron chi connectivity index (χ1n) is 12.5. The lowest BCUT2D eigenvalue weighted by molar-refractivity contribution is -0.123. The molecule has 8 heteroatoms. The van der Waals surface area contributed by atoms with E-state index >= 15 is 0 Å². The van der Waals surface area contributed by atoms with Crippen molar-refractivity contribution in [3.63, 3.8) is 0 Å². The van der Waals surface area contributed by atoms with Crippen LogP contribution < -0.4 is 10.0 Å². The number of nitrogens with one attached hydrogen (secondary N) is 2. The van der Waals surface area contributed by atoms with E-state index in [1.165, 1.54) is 19.1 Å². The first-order chi connectivity index (χ1) is 17.6. The number of hydrogen-bond donors (Lipinski definition) is 2. The van der Waals surface area contributed by atoms with E-state index in [1.54, 1.807) is 37.3 Å². The molecule has 0 saturated heterocycles. The number of sulfonamides is 1. The number of rotatable bonds is 11. The molecule has 0 spiro atoms. The molecule has 3 aromatic rings. The molecule has 1 atom stereocenters. The molecule has 2 N–H and O–H groups in total. The zero-order valence-corrected chi connectivity index (χ0v) is 22.5. The molecular weight excluding hydrogens is 488 g/mol. The van der Waals surface area contributed by atoms with Gasteiger partial charge in [-0.3, -0.25) is 9.52 Å². The van der Waals surface area contributed by atoms with Crippen molar-refractivity contribution in [3.8, 4) is 0 Å². The van der Waals surface area contributed by atoms with Crippen molar-refractivity contribution in [1.82, 2.24) is 0 Å². The van der Waals surface area contributed by atoms with Crippen molar-refractivity contribution >= 4 is 33.3 Å². The number of hydrogen-bond acceptors (Lipinski definition) is 5. The van der Waals surface area contributed by atoms with Gasteiger partial charge >= 0.3 is 5.97 Å². The van der Waals surface area contributed by atoms with Crippen molar-refractivity contribution < 1.29 is 22.7 Å². The van der Waals surface area contributed by atoms with Crippen LogP contribution in [0.3, 0.4) is 0 Å². The van der Waals surface area contributed by atoms with E-state index in [0.29, 0.717) is 16.9 Å². The Bertz CT molecular complexity index is 1330. The van der Waals surface area contributed by atoms with Crippen LogP contribution in [0.4, 0.5) is 11.4 Å². The van der Waals surface area contributed by atoms with E-state index in [2.05, 4.69) is 17.0 Å². The summed E-state index contributed by atoms with van der Waals surface area (Å²) in [6.45, 7) is 7.28. The first kappa shape index (κ1) is 27.9. The fourth-order valence-corrected chi connectivity index (χ4v) is 5.03. The third kappa shape index (κ3) is 7.67. The molecule has 0 saturated carbocycles. The predicted molar refractivity (Wildman–Crippen MR) is 146 cm³/mol. The van der Waals surface area contributed by atoms with Gasteiger partial charge in [0, 0.05) is 11.4 Å². The Morgan fingerprint density at radius 3 is 2.14 bits per heavy atom. The van der Waals surface area contributed by atoms with Gasteiger partial charge in [-0.05, 0) is 86.2 Å². The minimum atomic E-state index is -3.96. The van der Waals surface area contributed by atoms with E-state index in [1.807, 2.05) is 31.2 Å². The van der Waals surface area contributed by atoms with Crippen LogP contribution in [0.2, 0.25) is 0 Å². The maximum Gasteiger partial charge on any atom is 0.338 e. The molecule has 7 nitrogen and oxygen atoms in total. The topological polar surface area (TPSA) is 102 Å². The van der Waals surface area contributed by atoms with Crippen LogP contribution in [0.15, 0.2) is 71.6 Å². The van der Waals surface area contributed by atoms with Crippen LogP contribution in [-0.4, -0.2) is 26.4 Å². The maximum absolute atomic E-state index is 13.1. The Morgan fingerprint density at radius 1 is 0.892 bits per heavy atom. The molecule has 0 bridgehead atoms. The molecule has 1 amide bonds. The Hall–Kier alpha value is -3.65. The largest absolute Gasteiger partial charge is 0.449 e. The molecular formula is C29H34N2O5S. The van der Waals surface area contributed by atoms with E-state index in [0.717, 1.165) is 36.8 Å². The van der Waals surface area contributed by atoms with Gasteiger partial charge in [-0.1, -0.05) is 50.6 Å². The van der Waals surface area contributed by atoms with Crippen molar-refractivity contribution in [1.29, 1.82) is 0 Å². The van der Waals surface area contributed by atoms with Crippen LogP contribution in [0.5, 0.6) is 0 Å². The van der Waals surface area contributed by atoms with Crippen LogP contribution in [0.25, 0.3) is 0 Å². The molecule has 3 rings (SSSR count). The molecule has 37 heavy (non-hydrogen) atoms. The van der Waals surface area contributed by atoms with Crippen LogP contribution in [0.1, 0.15) is 60.7 Å². The molecule has 0 aromatic heterocycles. The van der Waals surface area contributed by atoms with Gasteiger partial charge in [0.1, 0.15) is 0 Å². The summed E-state index contributed by atoms with van der Waals surface area (Å²) in [4.78, 5) is 25.2. The number of carbonyl (C=O) groups excluding carboxylic acids is 2. The van der Waals surface area contributed by atoms with Gasteiger partial charge in [-0.25, -0.2) is 13.2 Å². The van der Waals surface area contributed by atoms with Gasteiger partial charge in [0.25, 0.3) is 15.9 Å². The molecule has 196 valence electrons. The molecule has 0 aliphatic heterocycles. The fourth-order valence-electron chi connectivity index (χ4n) is 3.70. The number of benzene rings is 3. The standard InChI is InChI=1S/C29H34N2O5S/c1-5-7-8-23-12-17-26(18-13-23)31-37(34,35)27-19-24(14-9-20(27)3)29(33)36-21(4)28(32)30-25-15-10-22(6-2)11-16-25/h9-19,21,31H,5-8H2,1-4H3,(H,30,32). The third-order valence-corrected chi connectivity index (χ3v) is 7.54. The second-order valence-electron chi connectivity index (χ2n) is 8.97. The Kier molecular flexibility index (Phi) is 9.47. The SMILES string of the molecule is CCCCc1ccc(NS(=O)(=O)c2cc(C(=O)OC(C)C(=O)Nc3ccc(CC)cc3)ccc2C)cc1. The maximum atomic E-state index is 13.1. The number of esters is 1. The minimum absolute atomic E-state index is 0.0350. The van der Waals surface area contributed by atoms with E-state index in [-0.39, 0.29) is 10.5 Å². The van der Waals surface area contributed by atoms with Crippen LogP contribution in [-0.2, 0) is 32.4 Å². The lowest BCUT2D eigenvalue weighted by Gasteiger charge is -2.15. The smallest absolute Gasteiger partial charge is 0.338 e. The number of amides is 1. The van der Waals surface area contributed by atoms with E-state index in [9.17, 15) is 18.0 Å². The molecule has 0 aliphatic rings. The van der Waals surface area contributed by atoms with Gasteiger partial charge in [0.15, 0.2) is 6.10 Å². The summed E-state index contributed by atoms with van der Waals surface area (Å²) in [6, 6.07) is 18.9. The third-order valence-electron chi connectivity index (χ3n) is 6.02. The van der Waals surface area contributed by atoms with Gasteiger partial charge < -0.3 is 10.1 Å². The summed E-state index contributed by atoms with van der Waals surface area (Å²) < 4.78 is 34.1. The van der Waals surface area contributed by atoms with Gasteiger partial charge in [-0.15, -0.1) is 0 Å². The minimum Gasteiger partial charge on any atom is -0.449 e. The van der Waals surface area contributed by atoms with Crippen molar-refractivity contribution in [3.05, 3.63) is 89.0 Å². The van der Waals surface area contributed by atoms with Crippen molar-refractivity contribution in [2.75, 3.05) is 10.0 Å². The van der Waals surface area contributed by atoms with Crippen molar-refractivity contribution in [2.45, 2.75) is 64.4 Å². The van der Waals surface area contributed by atoms with E-state index in [4.69, 9.17) is 4.74 Å². The summed E-state index contributed by atoms with van der Waals surface area (Å²) in [5.41, 5.74) is 3.82. The lowest BCUT2D eigenvalue weighted by Crippen LogP contribution is -2.30. The Morgan fingerprint density at radius 2 is 1.51 bits per heavy atom.